The molecule has 2 N–H and O–H groups in total. The Labute approximate surface area is 382 Å². The van der Waals surface area contributed by atoms with Crippen molar-refractivity contribution in [2.24, 2.45) is 33.9 Å². The van der Waals surface area contributed by atoms with E-state index < -0.39 is 81.2 Å². The molecule has 2 aliphatic heterocycles. The number of rotatable bonds is 8. The molecule has 4 amide bonds. The summed E-state index contributed by atoms with van der Waals surface area (Å²) in [5, 5.41) is 20.8. The molecule has 64 heavy (non-hydrogen) atoms. The monoisotopic (exact) mass is 971 g/mol. The van der Waals surface area contributed by atoms with E-state index in [1.54, 1.807) is 60.7 Å². The summed E-state index contributed by atoms with van der Waals surface area (Å²) in [6, 6.07) is 25.7. The number of azo groups is 1. The number of aromatic nitrogens is 1. The number of aromatic hydroxyl groups is 1. The highest BCUT2D eigenvalue weighted by Gasteiger charge is 2.70. The zero-order valence-electron chi connectivity index (χ0n) is 33.7. The Bertz CT molecular complexity index is 2810. The summed E-state index contributed by atoms with van der Waals surface area (Å²) < 4.78 is 41.2. The summed E-state index contributed by atoms with van der Waals surface area (Å²) in [7, 11) is 3.87. The molecule has 5 aromatic rings. The number of carbonyl (C=O) groups is 4. The highest BCUT2D eigenvalue weighted by Crippen LogP contribution is 2.65. The van der Waals surface area contributed by atoms with Crippen molar-refractivity contribution in [2.45, 2.75) is 30.4 Å². The first-order valence-corrected chi connectivity index (χ1v) is 21.5. The minimum Gasteiger partial charge on any atom is -0.508 e. The van der Waals surface area contributed by atoms with Crippen LogP contribution in [-0.2, 0) is 30.8 Å². The number of pyridine rings is 1. The average Bonchev–Trinajstić information content (AvgIpc) is 3.65. The molecule has 2 aliphatic carbocycles. The van der Waals surface area contributed by atoms with Crippen molar-refractivity contribution < 1.29 is 37.5 Å². The standard InChI is InChI=1S/C46H35BrCl2F3N7O5/c1-57(2)29-12-8-27(9-13-29)54-55-28-10-14-30(15-11-28)58-41(61)32-17-16-31-33(38(32)43(58)63)21-35-42(62)59(56-40-36(49)19-24(22-53-40)46(50,51)52)44(64)45(35,23-3-6-26(48)7-4-23)39(31)34-20-25(47)5-18-37(34)60/h3-16,18-20,22,32-33,35,38-39,60H,17,21H2,1-2H3,(H,53,56)/t32-,33+,35-,38-,39+,45+/m0/s1. The summed E-state index contributed by atoms with van der Waals surface area (Å²) in [6.07, 6.45) is -2.40. The number of allylic oxidation sites excluding steroid dienone is 2. The number of amides is 4. The molecule has 1 saturated carbocycles. The van der Waals surface area contributed by atoms with E-state index in [0.29, 0.717) is 55.0 Å². The molecule has 4 aromatic carbocycles. The first-order chi connectivity index (χ1) is 30.5. The summed E-state index contributed by atoms with van der Waals surface area (Å²) in [5.74, 6) is -8.07. The van der Waals surface area contributed by atoms with E-state index >= 15 is 4.79 Å². The highest BCUT2D eigenvalue weighted by atomic mass is 79.9. The number of nitrogens with zero attached hydrogens (tertiary/aromatic N) is 6. The van der Waals surface area contributed by atoms with Gasteiger partial charge in [0, 0.05) is 47.0 Å². The van der Waals surface area contributed by atoms with Crippen LogP contribution in [-0.4, -0.2) is 52.8 Å². The number of phenolic OH excluding ortho intramolecular Hbond substituents is 1. The lowest BCUT2D eigenvalue weighted by Crippen LogP contribution is -2.53. The van der Waals surface area contributed by atoms with Crippen LogP contribution in [0.2, 0.25) is 10.0 Å². The topological polar surface area (TPSA) is 148 Å². The minimum absolute atomic E-state index is 0.0977. The number of fused-ring (bicyclic) bond motifs is 4. The minimum atomic E-state index is -4.77. The molecule has 0 unspecified atom stereocenters. The van der Waals surface area contributed by atoms with Crippen LogP contribution in [0.5, 0.6) is 5.75 Å². The van der Waals surface area contributed by atoms with Crippen molar-refractivity contribution in [3.8, 4) is 5.75 Å². The number of hydrogen-bond donors (Lipinski definition) is 2. The third-order valence-corrected chi connectivity index (χ3v) is 13.6. The van der Waals surface area contributed by atoms with Crippen molar-refractivity contribution >= 4 is 91.3 Å². The van der Waals surface area contributed by atoms with Gasteiger partial charge in [-0.1, -0.05) is 62.9 Å². The number of halogens is 6. The first-order valence-electron chi connectivity index (χ1n) is 20.0. The lowest BCUT2D eigenvalue weighted by molar-refractivity contribution is -0.139. The van der Waals surface area contributed by atoms with Crippen LogP contribution < -0.4 is 15.2 Å². The maximum absolute atomic E-state index is 15.4. The van der Waals surface area contributed by atoms with Gasteiger partial charge in [-0.05, 0) is 109 Å². The van der Waals surface area contributed by atoms with Crippen molar-refractivity contribution in [3.05, 3.63) is 146 Å². The van der Waals surface area contributed by atoms with E-state index in [2.05, 4.69) is 36.6 Å². The third-order valence-electron chi connectivity index (χ3n) is 12.6. The summed E-state index contributed by atoms with van der Waals surface area (Å²) >= 11 is 16.2. The number of phenols is 1. The smallest absolute Gasteiger partial charge is 0.417 e. The number of hydrogen-bond acceptors (Lipinski definition) is 10. The number of hydrazine groups is 1. The molecule has 0 bridgehead atoms. The fourth-order valence-corrected chi connectivity index (χ4v) is 10.5. The quantitative estimate of drug-likeness (QED) is 0.0887. The van der Waals surface area contributed by atoms with Gasteiger partial charge in [0.2, 0.25) is 11.8 Å². The predicted molar refractivity (Wildman–Crippen MR) is 237 cm³/mol. The molecule has 2 saturated heterocycles. The second-order valence-corrected chi connectivity index (χ2v) is 18.0. The Balaban J connectivity index is 1.11. The van der Waals surface area contributed by atoms with Crippen LogP contribution in [0.15, 0.2) is 130 Å². The first kappa shape index (κ1) is 43.2. The van der Waals surface area contributed by atoms with Gasteiger partial charge in [0.05, 0.1) is 50.8 Å². The van der Waals surface area contributed by atoms with Crippen LogP contribution in [0, 0.1) is 23.7 Å². The Morgan fingerprint density at radius 1 is 0.859 bits per heavy atom. The molecule has 3 fully saturated rings. The molecule has 326 valence electrons. The molecule has 0 radical (unpaired) electrons. The Morgan fingerprint density at radius 2 is 1.52 bits per heavy atom. The van der Waals surface area contributed by atoms with Crippen LogP contribution in [0.25, 0.3) is 0 Å². The van der Waals surface area contributed by atoms with Crippen molar-refractivity contribution in [2.75, 3.05) is 29.3 Å². The van der Waals surface area contributed by atoms with E-state index in [0.717, 1.165) is 10.6 Å². The Hall–Kier alpha value is -6.10. The third kappa shape index (κ3) is 7.11. The van der Waals surface area contributed by atoms with E-state index in [4.69, 9.17) is 23.2 Å². The summed E-state index contributed by atoms with van der Waals surface area (Å²) in [5.41, 5.74) is 3.24. The zero-order valence-corrected chi connectivity index (χ0v) is 36.8. The van der Waals surface area contributed by atoms with E-state index in [1.807, 2.05) is 49.3 Å². The Morgan fingerprint density at radius 3 is 2.14 bits per heavy atom. The lowest BCUT2D eigenvalue weighted by Gasteiger charge is -2.50. The van der Waals surface area contributed by atoms with Gasteiger partial charge in [-0.25, -0.2) is 4.98 Å². The molecule has 0 spiro atoms. The molecule has 4 aliphatic rings. The van der Waals surface area contributed by atoms with Crippen LogP contribution in [0.4, 0.5) is 41.7 Å². The van der Waals surface area contributed by atoms with Gasteiger partial charge in [-0.15, -0.1) is 0 Å². The number of nitrogens with one attached hydrogen (secondary N) is 1. The van der Waals surface area contributed by atoms with Gasteiger partial charge in [0.25, 0.3) is 11.8 Å². The molecule has 12 nitrogen and oxygen atoms in total. The molecular weight excluding hydrogens is 938 g/mol. The van der Waals surface area contributed by atoms with Crippen LogP contribution in [0.1, 0.15) is 35.4 Å². The van der Waals surface area contributed by atoms with Gasteiger partial charge >= 0.3 is 6.18 Å². The predicted octanol–water partition coefficient (Wildman–Crippen LogP) is 10.5. The number of anilines is 3. The van der Waals surface area contributed by atoms with E-state index in [9.17, 15) is 32.7 Å². The van der Waals surface area contributed by atoms with Crippen molar-refractivity contribution in [3.63, 3.8) is 0 Å². The molecule has 1 aromatic heterocycles. The summed E-state index contributed by atoms with van der Waals surface area (Å²) in [6.45, 7) is 0. The molecule has 18 heteroatoms. The SMILES string of the molecule is CN(C)c1ccc(N=Nc2ccc(N3C(=O)[C@H]4[C@H](CC=C5[C@H]4C[C@H]4C(=O)N(Nc6ncc(C(F)(F)F)cc6Cl)C(=O)[C@@]4(c4ccc(Cl)cc4)[C@H]5c4cc(Br)ccc4O)C3=O)cc2)cc1. The van der Waals surface area contributed by atoms with Gasteiger partial charge < -0.3 is 10.0 Å². The number of benzene rings is 4. The van der Waals surface area contributed by atoms with E-state index in [-0.39, 0.29) is 24.2 Å². The second-order valence-electron chi connectivity index (χ2n) is 16.3. The largest absolute Gasteiger partial charge is 0.508 e. The van der Waals surface area contributed by atoms with Gasteiger partial charge in [0.1, 0.15) is 5.75 Å². The zero-order chi connectivity index (χ0) is 45.4. The number of alkyl halides is 3. The average molecular weight is 974 g/mol. The maximum Gasteiger partial charge on any atom is 0.417 e. The van der Waals surface area contributed by atoms with Gasteiger partial charge in [-0.2, -0.15) is 28.4 Å². The molecule has 9 rings (SSSR count). The lowest BCUT2D eigenvalue weighted by atomic mass is 9.49. The second kappa shape index (κ2) is 16.2. The maximum atomic E-state index is 15.4. The fraction of sp³-hybridized carbons (Fsp3) is 0.239. The van der Waals surface area contributed by atoms with Crippen molar-refractivity contribution in [1.82, 2.24) is 9.99 Å². The molecule has 6 atom stereocenters. The van der Waals surface area contributed by atoms with Crippen LogP contribution in [0.3, 0.4) is 0 Å². The molecule has 3 heterocycles. The molecular formula is C46H35BrCl2F3N7O5. The van der Waals surface area contributed by atoms with Crippen LogP contribution >= 0.6 is 39.1 Å². The fourth-order valence-electron chi connectivity index (χ4n) is 9.74. The van der Waals surface area contributed by atoms with Crippen molar-refractivity contribution in [1.29, 1.82) is 0 Å². The number of imide groups is 2. The van der Waals surface area contributed by atoms with E-state index in [1.165, 1.54) is 6.07 Å². The normalized spacial score (nSPS) is 24.2. The Kier molecular flexibility index (Phi) is 10.9. The van der Waals surface area contributed by atoms with Gasteiger partial charge in [-0.3, -0.25) is 29.5 Å². The summed E-state index contributed by atoms with van der Waals surface area (Å²) in [4.78, 5) is 66.4. The van der Waals surface area contributed by atoms with Gasteiger partial charge in [0.15, 0.2) is 5.82 Å². The highest BCUT2D eigenvalue weighted by molar-refractivity contribution is 9.10. The number of carbonyl (C=O) groups excluding carboxylic acids is 4.